The van der Waals surface area contributed by atoms with Crippen LogP contribution in [0, 0.1) is 10.1 Å². The summed E-state index contributed by atoms with van der Waals surface area (Å²) < 4.78 is 5.81. The van der Waals surface area contributed by atoms with Gasteiger partial charge in [-0.05, 0) is 24.1 Å². The fourth-order valence-corrected chi connectivity index (χ4v) is 2.35. The Kier molecular flexibility index (Phi) is 4.05. The molecule has 6 nitrogen and oxygen atoms in total. The molecular weight excluding hydrogens is 294 g/mol. The number of non-ortho nitro benzene ring substituents is 1. The van der Waals surface area contributed by atoms with E-state index in [0.29, 0.717) is 16.9 Å². The Labute approximate surface area is 132 Å². The molecule has 2 aromatic carbocycles. The number of benzene rings is 2. The molecule has 6 heteroatoms. The van der Waals surface area contributed by atoms with Gasteiger partial charge in [0.2, 0.25) is 0 Å². The molecule has 23 heavy (non-hydrogen) atoms. The summed E-state index contributed by atoms with van der Waals surface area (Å²) in [7, 11) is 0. The predicted octanol–water partition coefficient (Wildman–Crippen LogP) is 3.78. The molecule has 3 rings (SSSR count). The van der Waals surface area contributed by atoms with Gasteiger partial charge in [0, 0.05) is 12.1 Å². The summed E-state index contributed by atoms with van der Waals surface area (Å²) in [5.41, 5.74) is 2.38. The minimum absolute atomic E-state index is 0.0324. The first-order chi connectivity index (χ1) is 11.2. The molecule has 0 fully saturated rings. The van der Waals surface area contributed by atoms with Crippen LogP contribution in [0.3, 0.4) is 0 Å². The largest absolute Gasteiger partial charge is 0.485 e. The van der Waals surface area contributed by atoms with Crippen molar-refractivity contribution in [3.63, 3.8) is 0 Å². The lowest BCUT2D eigenvalue weighted by Crippen LogP contribution is -1.99. The van der Waals surface area contributed by atoms with Gasteiger partial charge >= 0.3 is 0 Å². The molecule has 0 amide bonds. The van der Waals surface area contributed by atoms with E-state index in [-0.39, 0.29) is 12.3 Å². The number of hydrogen-bond acceptors (Lipinski definition) is 4. The summed E-state index contributed by atoms with van der Waals surface area (Å²) in [6.07, 6.45) is 2.55. The number of nitrogens with zero attached hydrogens (tertiary/aromatic N) is 2. The highest BCUT2D eigenvalue weighted by Crippen LogP contribution is 2.22. The highest BCUT2D eigenvalue weighted by molar-refractivity contribution is 5.77. The Balaban J connectivity index is 1.79. The standard InChI is InChI=1S/C17H15N3O3/c1-2-5-12-6-3-4-7-16(12)23-11-17-18-14-9-8-13(20(21)22)10-15(14)19-17/h2-4,6-10H,1,5,11H2,(H,18,19). The number of H-pyrrole nitrogens is 1. The lowest BCUT2D eigenvalue weighted by Gasteiger charge is -2.08. The maximum atomic E-state index is 10.8. The number of nitro benzene ring substituents is 1. The maximum Gasteiger partial charge on any atom is 0.271 e. The minimum Gasteiger partial charge on any atom is -0.485 e. The van der Waals surface area contributed by atoms with Gasteiger partial charge in [-0.1, -0.05) is 24.3 Å². The second-order valence-corrected chi connectivity index (χ2v) is 5.03. The first-order valence-corrected chi connectivity index (χ1v) is 7.12. The number of ether oxygens (including phenoxy) is 1. The monoisotopic (exact) mass is 309 g/mol. The van der Waals surface area contributed by atoms with Crippen molar-refractivity contribution >= 4 is 16.7 Å². The fourth-order valence-electron chi connectivity index (χ4n) is 2.35. The van der Waals surface area contributed by atoms with Crippen LogP contribution in [0.15, 0.2) is 55.1 Å². The Bertz CT molecular complexity index is 870. The molecule has 1 heterocycles. The number of aromatic nitrogens is 2. The molecule has 1 aromatic heterocycles. The van der Waals surface area contributed by atoms with E-state index in [0.717, 1.165) is 17.7 Å². The van der Waals surface area contributed by atoms with Crippen molar-refractivity contribution in [1.29, 1.82) is 0 Å². The second kappa shape index (κ2) is 6.31. The number of rotatable bonds is 6. The van der Waals surface area contributed by atoms with Crippen LogP contribution in [0.1, 0.15) is 11.4 Å². The third kappa shape index (κ3) is 3.21. The summed E-state index contributed by atoms with van der Waals surface area (Å²) in [4.78, 5) is 17.8. The van der Waals surface area contributed by atoms with Crippen LogP contribution in [-0.2, 0) is 13.0 Å². The van der Waals surface area contributed by atoms with E-state index in [1.165, 1.54) is 12.1 Å². The molecule has 0 aliphatic carbocycles. The zero-order valence-corrected chi connectivity index (χ0v) is 12.4. The Morgan fingerprint density at radius 1 is 1.30 bits per heavy atom. The van der Waals surface area contributed by atoms with Gasteiger partial charge in [0.05, 0.1) is 16.0 Å². The van der Waals surface area contributed by atoms with E-state index in [2.05, 4.69) is 16.5 Å². The fraction of sp³-hybridized carbons (Fsp3) is 0.118. The molecule has 116 valence electrons. The van der Waals surface area contributed by atoms with Gasteiger partial charge in [0.15, 0.2) is 0 Å². The molecular formula is C17H15N3O3. The summed E-state index contributed by atoms with van der Waals surface area (Å²) in [6.45, 7) is 4.00. The second-order valence-electron chi connectivity index (χ2n) is 5.03. The number of imidazole rings is 1. The van der Waals surface area contributed by atoms with Gasteiger partial charge in [-0.15, -0.1) is 6.58 Å². The highest BCUT2D eigenvalue weighted by atomic mass is 16.6. The van der Waals surface area contributed by atoms with Gasteiger partial charge in [0.25, 0.3) is 5.69 Å². The molecule has 0 aliphatic rings. The van der Waals surface area contributed by atoms with Crippen LogP contribution in [0.25, 0.3) is 11.0 Å². The molecule has 1 N–H and O–H groups in total. The summed E-state index contributed by atoms with van der Waals surface area (Å²) >= 11 is 0. The van der Waals surface area contributed by atoms with E-state index in [1.54, 1.807) is 6.07 Å². The number of allylic oxidation sites excluding steroid dienone is 1. The van der Waals surface area contributed by atoms with Crippen molar-refractivity contribution in [3.8, 4) is 5.75 Å². The average molecular weight is 309 g/mol. The Morgan fingerprint density at radius 2 is 2.13 bits per heavy atom. The summed E-state index contributed by atoms with van der Waals surface area (Å²) in [5.74, 6) is 1.40. The zero-order chi connectivity index (χ0) is 16.2. The van der Waals surface area contributed by atoms with E-state index in [4.69, 9.17) is 4.74 Å². The third-order valence-electron chi connectivity index (χ3n) is 3.43. The van der Waals surface area contributed by atoms with E-state index < -0.39 is 4.92 Å². The van der Waals surface area contributed by atoms with Crippen LogP contribution < -0.4 is 4.74 Å². The molecule has 0 unspecified atom stereocenters. The Hall–Kier alpha value is -3.15. The van der Waals surface area contributed by atoms with Crippen LogP contribution >= 0.6 is 0 Å². The van der Waals surface area contributed by atoms with Crippen molar-refractivity contribution in [2.45, 2.75) is 13.0 Å². The van der Waals surface area contributed by atoms with Crippen molar-refractivity contribution in [3.05, 3.63) is 76.6 Å². The van der Waals surface area contributed by atoms with Gasteiger partial charge < -0.3 is 9.72 Å². The molecule has 0 spiro atoms. The van der Waals surface area contributed by atoms with E-state index >= 15 is 0 Å². The van der Waals surface area contributed by atoms with Gasteiger partial charge in [-0.25, -0.2) is 4.98 Å². The first-order valence-electron chi connectivity index (χ1n) is 7.12. The topological polar surface area (TPSA) is 81.1 Å². The van der Waals surface area contributed by atoms with Crippen LogP contribution in [-0.4, -0.2) is 14.9 Å². The number of hydrogen-bond donors (Lipinski definition) is 1. The SMILES string of the molecule is C=CCc1ccccc1OCc1nc2ccc([N+](=O)[O-])cc2[nH]1. The smallest absolute Gasteiger partial charge is 0.271 e. The van der Waals surface area contributed by atoms with E-state index in [9.17, 15) is 10.1 Å². The highest BCUT2D eigenvalue weighted by Gasteiger charge is 2.10. The lowest BCUT2D eigenvalue weighted by atomic mass is 10.1. The van der Waals surface area contributed by atoms with Crippen LogP contribution in [0.2, 0.25) is 0 Å². The first kappa shape index (κ1) is 14.8. The van der Waals surface area contributed by atoms with E-state index in [1.807, 2.05) is 30.3 Å². The molecule has 0 aliphatic heterocycles. The third-order valence-corrected chi connectivity index (χ3v) is 3.43. The normalized spacial score (nSPS) is 10.6. The molecule has 0 bridgehead atoms. The summed E-state index contributed by atoms with van der Waals surface area (Å²) in [6, 6.07) is 12.3. The Morgan fingerprint density at radius 3 is 2.91 bits per heavy atom. The minimum atomic E-state index is -0.429. The number of nitrogens with one attached hydrogen (secondary N) is 1. The maximum absolute atomic E-state index is 10.8. The average Bonchev–Trinajstić information content (AvgIpc) is 2.96. The predicted molar refractivity (Wildman–Crippen MR) is 87.4 cm³/mol. The van der Waals surface area contributed by atoms with Crippen molar-refractivity contribution < 1.29 is 9.66 Å². The number of fused-ring (bicyclic) bond motifs is 1. The van der Waals surface area contributed by atoms with Crippen molar-refractivity contribution in [1.82, 2.24) is 9.97 Å². The molecule has 0 radical (unpaired) electrons. The van der Waals surface area contributed by atoms with Gasteiger partial charge in [0.1, 0.15) is 18.2 Å². The quantitative estimate of drug-likeness (QED) is 0.427. The van der Waals surface area contributed by atoms with Crippen molar-refractivity contribution in [2.24, 2.45) is 0 Å². The molecule has 0 saturated carbocycles. The number of nitro groups is 1. The zero-order valence-electron chi connectivity index (χ0n) is 12.4. The van der Waals surface area contributed by atoms with Crippen molar-refractivity contribution in [2.75, 3.05) is 0 Å². The van der Waals surface area contributed by atoms with Crippen LogP contribution in [0.4, 0.5) is 5.69 Å². The van der Waals surface area contributed by atoms with Gasteiger partial charge in [-0.2, -0.15) is 0 Å². The van der Waals surface area contributed by atoms with Gasteiger partial charge in [-0.3, -0.25) is 10.1 Å². The molecule has 0 saturated heterocycles. The lowest BCUT2D eigenvalue weighted by molar-refractivity contribution is -0.384. The number of para-hydroxylation sites is 1. The van der Waals surface area contributed by atoms with Crippen LogP contribution in [0.5, 0.6) is 5.75 Å². The summed E-state index contributed by atoms with van der Waals surface area (Å²) in [5, 5.41) is 10.8. The molecule has 3 aromatic rings. The number of aromatic amines is 1. The molecule has 0 atom stereocenters.